The molecule has 0 aliphatic carbocycles. The summed E-state index contributed by atoms with van der Waals surface area (Å²) in [7, 11) is -1.25. The lowest BCUT2D eigenvalue weighted by molar-refractivity contribution is -0.146. The van der Waals surface area contributed by atoms with E-state index in [-0.39, 0.29) is 24.5 Å². The van der Waals surface area contributed by atoms with E-state index in [1.807, 2.05) is 69.3 Å². The van der Waals surface area contributed by atoms with E-state index in [4.69, 9.17) is 14.0 Å². The number of esters is 2. The fraction of sp³-hybridized carbons (Fsp3) is 0.333. The van der Waals surface area contributed by atoms with Crippen molar-refractivity contribution in [1.82, 2.24) is 5.09 Å². The van der Waals surface area contributed by atoms with Crippen molar-refractivity contribution in [2.75, 3.05) is 13.2 Å². The molecular formula is C27H32NO5PS. The van der Waals surface area contributed by atoms with Gasteiger partial charge in [-0.05, 0) is 53.6 Å². The van der Waals surface area contributed by atoms with Gasteiger partial charge < -0.3 is 14.0 Å². The van der Waals surface area contributed by atoms with Gasteiger partial charge in [-0.2, -0.15) is 0 Å². The zero-order chi connectivity index (χ0) is 25.2. The third-order valence-electron chi connectivity index (χ3n) is 5.05. The molecule has 2 unspecified atom stereocenters. The smallest absolute Gasteiger partial charge is 0.348 e. The third kappa shape index (κ3) is 7.89. The van der Waals surface area contributed by atoms with Crippen LogP contribution in [0.5, 0.6) is 5.75 Å². The molecule has 0 aliphatic heterocycles. The Morgan fingerprint density at radius 2 is 1.89 bits per heavy atom. The molecule has 0 spiro atoms. The first-order valence-electron chi connectivity index (χ1n) is 11.6. The van der Waals surface area contributed by atoms with Crippen LogP contribution in [0, 0.1) is 5.92 Å². The van der Waals surface area contributed by atoms with Gasteiger partial charge in [0.25, 0.3) is 0 Å². The summed E-state index contributed by atoms with van der Waals surface area (Å²) >= 11 is 1.40. The normalized spacial score (nSPS) is 12.8. The molecule has 3 aromatic rings. The molecule has 0 saturated heterocycles. The molecule has 1 aromatic heterocycles. The van der Waals surface area contributed by atoms with Crippen molar-refractivity contribution in [3.8, 4) is 5.75 Å². The van der Waals surface area contributed by atoms with E-state index >= 15 is 0 Å². The first-order valence-corrected chi connectivity index (χ1v) is 13.9. The van der Waals surface area contributed by atoms with Gasteiger partial charge in [-0.15, -0.1) is 11.3 Å². The van der Waals surface area contributed by atoms with Crippen LogP contribution in [-0.4, -0.2) is 31.2 Å². The Hall–Kier alpha value is -2.73. The van der Waals surface area contributed by atoms with Crippen molar-refractivity contribution in [2.24, 2.45) is 5.92 Å². The Morgan fingerprint density at radius 3 is 2.57 bits per heavy atom. The van der Waals surface area contributed by atoms with Crippen molar-refractivity contribution >= 4 is 41.7 Å². The number of carbonyl (C=O) groups is 2. The first-order chi connectivity index (χ1) is 16.9. The molecule has 2 aromatic carbocycles. The summed E-state index contributed by atoms with van der Waals surface area (Å²) < 4.78 is 17.9. The minimum Gasteiger partial charge on any atom is -0.465 e. The summed E-state index contributed by atoms with van der Waals surface area (Å²) in [6.07, 6.45) is 2.90. The van der Waals surface area contributed by atoms with E-state index in [1.165, 1.54) is 11.3 Å². The summed E-state index contributed by atoms with van der Waals surface area (Å²) in [5.74, 6) is 0.156. The average Bonchev–Trinajstić information content (AvgIpc) is 3.28. The van der Waals surface area contributed by atoms with Gasteiger partial charge in [0, 0.05) is 10.9 Å². The summed E-state index contributed by atoms with van der Waals surface area (Å²) in [6, 6.07) is 17.0. The molecular weight excluding hydrogens is 481 g/mol. The van der Waals surface area contributed by atoms with Gasteiger partial charge in [0.1, 0.15) is 23.3 Å². The monoisotopic (exact) mass is 513 g/mol. The number of benzene rings is 2. The van der Waals surface area contributed by atoms with Crippen LogP contribution in [0.1, 0.15) is 42.4 Å². The number of fused-ring (bicyclic) bond motifs is 1. The second kappa shape index (κ2) is 13.4. The summed E-state index contributed by atoms with van der Waals surface area (Å²) in [4.78, 5) is 25.5. The standard InChI is InChI=1S/C27H32NO5PS/c1-5-14-31-26(29)24-17-21-16-20(12-13-23(21)35-24)18-34(33-22-10-8-7-9-11-22)28-25(19(3)4)27(30)32-15-6-2/h5,7-13,16-17,19,25,28H,1,6,14-15,18H2,2-4H3. The molecule has 1 heterocycles. The SMILES string of the molecule is C=CCOC(=O)c1cc2cc(CP(NC(C(=O)OCCC)C(C)C)Oc3ccccc3)ccc2s1. The molecule has 0 fully saturated rings. The molecule has 35 heavy (non-hydrogen) atoms. The topological polar surface area (TPSA) is 73.9 Å². The number of rotatable bonds is 13. The highest BCUT2D eigenvalue weighted by atomic mass is 32.1. The van der Waals surface area contributed by atoms with Crippen molar-refractivity contribution < 1.29 is 23.6 Å². The highest BCUT2D eigenvalue weighted by Gasteiger charge is 2.28. The molecule has 2 atom stereocenters. The molecule has 1 N–H and O–H groups in total. The predicted molar refractivity (Wildman–Crippen MR) is 143 cm³/mol. The van der Waals surface area contributed by atoms with Crippen LogP contribution in [0.2, 0.25) is 0 Å². The molecule has 0 saturated carbocycles. The number of hydrogen-bond acceptors (Lipinski definition) is 7. The van der Waals surface area contributed by atoms with E-state index < -0.39 is 14.3 Å². The zero-order valence-electron chi connectivity index (χ0n) is 20.4. The van der Waals surface area contributed by atoms with Crippen molar-refractivity contribution in [2.45, 2.75) is 39.4 Å². The fourth-order valence-electron chi connectivity index (χ4n) is 3.30. The van der Waals surface area contributed by atoms with Gasteiger partial charge in [0.15, 0.2) is 8.30 Å². The lowest BCUT2D eigenvalue weighted by Crippen LogP contribution is -2.40. The summed E-state index contributed by atoms with van der Waals surface area (Å²) in [5, 5.41) is 4.41. The minimum atomic E-state index is -1.25. The van der Waals surface area contributed by atoms with Crippen LogP contribution in [0.3, 0.4) is 0 Å². The molecule has 3 rings (SSSR count). The van der Waals surface area contributed by atoms with Crippen molar-refractivity contribution in [3.05, 3.63) is 77.7 Å². The van der Waals surface area contributed by atoms with Gasteiger partial charge in [0.05, 0.1) is 6.61 Å². The Morgan fingerprint density at radius 1 is 1.11 bits per heavy atom. The van der Waals surface area contributed by atoms with Crippen LogP contribution in [-0.2, 0) is 20.4 Å². The average molecular weight is 514 g/mol. The van der Waals surface area contributed by atoms with Gasteiger partial charge in [0.2, 0.25) is 0 Å². The maximum Gasteiger partial charge on any atom is 0.348 e. The fourth-order valence-corrected chi connectivity index (χ4v) is 6.06. The Balaban J connectivity index is 1.82. The van der Waals surface area contributed by atoms with Crippen LogP contribution < -0.4 is 9.61 Å². The summed E-state index contributed by atoms with van der Waals surface area (Å²) in [5.41, 5.74) is 1.04. The molecule has 0 bridgehead atoms. The molecule has 0 aliphatic rings. The minimum absolute atomic E-state index is 0.0345. The van der Waals surface area contributed by atoms with E-state index in [2.05, 4.69) is 17.7 Å². The van der Waals surface area contributed by atoms with E-state index in [0.717, 1.165) is 27.8 Å². The van der Waals surface area contributed by atoms with E-state index in [0.29, 0.717) is 17.6 Å². The maximum atomic E-state index is 12.7. The second-order valence-electron chi connectivity index (χ2n) is 8.33. The quantitative estimate of drug-likeness (QED) is 0.156. The molecule has 0 amide bonds. The molecule has 0 radical (unpaired) electrons. The van der Waals surface area contributed by atoms with Crippen molar-refractivity contribution in [3.63, 3.8) is 0 Å². The van der Waals surface area contributed by atoms with Crippen LogP contribution in [0.15, 0.2) is 67.3 Å². The highest BCUT2D eigenvalue weighted by molar-refractivity contribution is 7.50. The first kappa shape index (κ1) is 26.9. The Bertz CT molecular complexity index is 1130. The second-order valence-corrected chi connectivity index (χ2v) is 10.9. The lowest BCUT2D eigenvalue weighted by atomic mass is 10.1. The van der Waals surface area contributed by atoms with E-state index in [1.54, 1.807) is 6.08 Å². The van der Waals surface area contributed by atoms with Crippen LogP contribution in [0.4, 0.5) is 0 Å². The summed E-state index contributed by atoms with van der Waals surface area (Å²) in [6.45, 7) is 10.1. The molecule has 8 heteroatoms. The highest BCUT2D eigenvalue weighted by Crippen LogP contribution is 2.40. The van der Waals surface area contributed by atoms with Gasteiger partial charge >= 0.3 is 11.9 Å². The number of nitrogens with one attached hydrogen (secondary N) is 1. The number of ether oxygens (including phenoxy) is 2. The Labute approximate surface area is 212 Å². The lowest BCUT2D eigenvalue weighted by Gasteiger charge is -2.27. The number of para-hydroxylation sites is 1. The number of thiophene rings is 1. The Kier molecular flexibility index (Phi) is 10.3. The van der Waals surface area contributed by atoms with Crippen molar-refractivity contribution in [1.29, 1.82) is 0 Å². The van der Waals surface area contributed by atoms with Gasteiger partial charge in [-0.1, -0.05) is 57.7 Å². The van der Waals surface area contributed by atoms with Gasteiger partial charge in [-0.3, -0.25) is 4.79 Å². The predicted octanol–water partition coefficient (Wildman–Crippen LogP) is 6.70. The third-order valence-corrected chi connectivity index (χ3v) is 7.80. The van der Waals surface area contributed by atoms with Crippen LogP contribution >= 0.6 is 19.6 Å². The van der Waals surface area contributed by atoms with E-state index in [9.17, 15) is 9.59 Å². The van der Waals surface area contributed by atoms with Crippen LogP contribution in [0.25, 0.3) is 10.1 Å². The number of hydrogen-bond donors (Lipinski definition) is 1. The van der Waals surface area contributed by atoms with Gasteiger partial charge in [-0.25, -0.2) is 9.88 Å². The zero-order valence-corrected chi connectivity index (χ0v) is 22.1. The number of carbonyl (C=O) groups excluding carboxylic acids is 2. The molecule has 6 nitrogen and oxygen atoms in total. The largest absolute Gasteiger partial charge is 0.465 e. The molecule has 186 valence electrons. The maximum absolute atomic E-state index is 12.7.